The van der Waals surface area contributed by atoms with Crippen LogP contribution in [0.3, 0.4) is 0 Å². The minimum absolute atomic E-state index is 0. The molecule has 0 radical (unpaired) electrons. The topological polar surface area (TPSA) is 211 Å². The fraction of sp³-hybridized carbons (Fsp3) is 0.511. The van der Waals surface area contributed by atoms with E-state index in [1.807, 2.05) is 0 Å². The van der Waals surface area contributed by atoms with Crippen LogP contribution in [0.5, 0.6) is 0 Å². The smallest absolute Gasteiger partial charge is 0.411 e. The van der Waals surface area contributed by atoms with Gasteiger partial charge in [-0.25, -0.2) is 32.8 Å². The highest BCUT2D eigenvalue weighted by Crippen LogP contribution is 2.46. The summed E-state index contributed by atoms with van der Waals surface area (Å²) in [6.45, 7) is 13.4. The first-order chi connectivity index (χ1) is 31.8. The van der Waals surface area contributed by atoms with E-state index >= 15 is 0 Å². The molecular formula is C47H57ClF2N6O12. The highest BCUT2D eigenvalue weighted by Gasteiger charge is 2.63. The summed E-state index contributed by atoms with van der Waals surface area (Å²) in [5.74, 6) is -3.22. The summed E-state index contributed by atoms with van der Waals surface area (Å²) in [6, 6.07) is 7.80. The SMILES string of the molecule is C=CC1C[C@]1(NC(=O)[C@@H]1C[C@@H](OC(=O)N2Cc3cccc(F)c3C2)CN1)C(=O)OC.C=CC1C[C@]1(NC(=O)[C@@H]1C[C@@H](OC(=O)N2Cc3cccc(F)c3C2)CN1C(=O)OC(C)(C)C)C(=O)OC.Cl. The van der Waals surface area contributed by atoms with Crippen LogP contribution >= 0.6 is 12.4 Å². The van der Waals surface area contributed by atoms with E-state index in [2.05, 4.69) is 29.1 Å². The Balaban J connectivity index is 0.000000225. The van der Waals surface area contributed by atoms with E-state index in [4.69, 9.17) is 23.7 Å². The van der Waals surface area contributed by atoms with Crippen LogP contribution < -0.4 is 16.0 Å². The maximum absolute atomic E-state index is 14.1. The van der Waals surface area contributed by atoms with Gasteiger partial charge in [-0.1, -0.05) is 36.4 Å². The second-order valence-electron chi connectivity index (χ2n) is 18.6. The number of nitrogens with zero attached hydrogens (tertiary/aromatic N) is 3. The Morgan fingerprint density at radius 2 is 1.21 bits per heavy atom. The maximum atomic E-state index is 14.1. The number of amides is 5. The van der Waals surface area contributed by atoms with Crippen LogP contribution in [-0.4, -0.2) is 125 Å². The number of esters is 2. The van der Waals surface area contributed by atoms with Crippen molar-refractivity contribution < 1.29 is 66.0 Å². The standard InChI is InChI=1S/C26H32FN3O7.C21H24FN3O5.ClH/c1-6-16-11-26(16,22(32)35-5)28-21(31)20-10-17(13-30(20)24(34)37-25(2,3)4)36-23(33)29-12-15-8-7-9-19(27)18(15)14-29;1-3-13-8-21(13,19(27)29-2)24-18(26)17-7-14(9-23-17)30-20(28)25-10-12-5-4-6-16(22)15(12)11-25;/h6-9,16-17,20H,1,10-14H2,2-5H3,(H,28,31);3-6,13-14,17,23H,1,7-11H2,2H3,(H,24,26);1H/t16?,17-,20+,26-;13?,14-,17+,21-;/m11./s1. The zero-order valence-corrected chi connectivity index (χ0v) is 39.3. The van der Waals surface area contributed by atoms with Crippen LogP contribution in [0.15, 0.2) is 61.7 Å². The van der Waals surface area contributed by atoms with Gasteiger partial charge in [0.2, 0.25) is 11.8 Å². The normalized spacial score (nSPS) is 27.1. The Hall–Kier alpha value is -6.28. The Morgan fingerprint density at radius 1 is 0.721 bits per heavy atom. The van der Waals surface area contributed by atoms with Crippen LogP contribution in [-0.2, 0) is 69.0 Å². The molecule has 5 amide bonds. The van der Waals surface area contributed by atoms with Crippen molar-refractivity contribution in [2.45, 2.75) is 114 Å². The van der Waals surface area contributed by atoms with Gasteiger partial charge in [-0.3, -0.25) is 24.3 Å². The van der Waals surface area contributed by atoms with Crippen LogP contribution in [0.25, 0.3) is 0 Å². The minimum atomic E-state index is -1.24. The van der Waals surface area contributed by atoms with Gasteiger partial charge < -0.3 is 39.6 Å². The van der Waals surface area contributed by atoms with Crippen molar-refractivity contribution in [3.05, 3.63) is 95.6 Å². The van der Waals surface area contributed by atoms with E-state index < -0.39 is 77.1 Å². The highest BCUT2D eigenvalue weighted by molar-refractivity contribution is 5.95. The fourth-order valence-corrected chi connectivity index (χ4v) is 9.08. The van der Waals surface area contributed by atoms with Gasteiger partial charge in [-0.15, -0.1) is 25.6 Å². The second-order valence-corrected chi connectivity index (χ2v) is 18.6. The van der Waals surface area contributed by atoms with E-state index in [0.29, 0.717) is 42.6 Å². The first-order valence-corrected chi connectivity index (χ1v) is 22.0. The van der Waals surface area contributed by atoms with Gasteiger partial charge in [0.05, 0.1) is 39.9 Å². The van der Waals surface area contributed by atoms with Gasteiger partial charge in [0.15, 0.2) is 0 Å². The largest absolute Gasteiger partial charge is 0.467 e. The average Bonchev–Trinajstić information content (AvgIpc) is 3.71. The van der Waals surface area contributed by atoms with Crippen molar-refractivity contribution >= 4 is 54.4 Å². The van der Waals surface area contributed by atoms with Gasteiger partial charge >= 0.3 is 30.2 Å². The van der Waals surface area contributed by atoms with E-state index in [0.717, 1.165) is 5.56 Å². The first-order valence-electron chi connectivity index (χ1n) is 22.0. The Kier molecular flexibility index (Phi) is 15.1. The molecule has 0 bridgehead atoms. The molecule has 2 aromatic rings. The molecule has 68 heavy (non-hydrogen) atoms. The second kappa shape index (κ2) is 20.1. The summed E-state index contributed by atoms with van der Waals surface area (Å²) in [5.41, 5.74) is -0.717. The van der Waals surface area contributed by atoms with E-state index in [9.17, 15) is 42.3 Å². The number of benzene rings is 2. The van der Waals surface area contributed by atoms with Crippen LogP contribution in [0.2, 0.25) is 0 Å². The number of carbonyl (C=O) groups is 7. The first kappa shape index (κ1) is 51.1. The third-order valence-electron chi connectivity index (χ3n) is 12.9. The average molecular weight is 971 g/mol. The zero-order valence-electron chi connectivity index (χ0n) is 38.5. The molecule has 18 nitrogen and oxygen atoms in total. The summed E-state index contributed by atoms with van der Waals surface area (Å²) in [4.78, 5) is 92.8. The number of likely N-dealkylation sites (tertiary alicyclic amines) is 1. The lowest BCUT2D eigenvalue weighted by Gasteiger charge is -2.28. The molecular weight excluding hydrogens is 914 g/mol. The number of carbonyl (C=O) groups excluding carboxylic acids is 7. The molecule has 4 aliphatic heterocycles. The summed E-state index contributed by atoms with van der Waals surface area (Å²) in [5, 5.41) is 8.52. The van der Waals surface area contributed by atoms with Crippen molar-refractivity contribution in [3.8, 4) is 0 Å². The molecule has 0 aromatic heterocycles. The zero-order chi connectivity index (χ0) is 48.6. The molecule has 4 heterocycles. The van der Waals surface area contributed by atoms with Gasteiger partial charge in [-0.2, -0.15) is 0 Å². The van der Waals surface area contributed by atoms with E-state index in [1.165, 1.54) is 41.1 Å². The lowest BCUT2D eigenvalue weighted by molar-refractivity contribution is -0.147. The Morgan fingerprint density at radius 3 is 1.65 bits per heavy atom. The van der Waals surface area contributed by atoms with Crippen molar-refractivity contribution in [2.75, 3.05) is 27.3 Å². The molecule has 2 aliphatic carbocycles. The number of halogens is 3. The summed E-state index contributed by atoms with van der Waals surface area (Å²) in [6.07, 6.45) is 0.988. The number of ether oxygens (including phenoxy) is 5. The van der Waals surface area contributed by atoms with E-state index in [1.54, 1.807) is 57.2 Å². The Bertz CT molecular complexity index is 2370. The molecule has 0 spiro atoms. The minimum Gasteiger partial charge on any atom is -0.467 e. The van der Waals surface area contributed by atoms with Crippen LogP contribution in [0, 0.1) is 23.5 Å². The number of methoxy groups -OCH3 is 2. The molecule has 368 valence electrons. The lowest BCUT2D eigenvalue weighted by atomic mass is 10.1. The lowest BCUT2D eigenvalue weighted by Crippen LogP contribution is -2.53. The van der Waals surface area contributed by atoms with Gasteiger partial charge in [0.25, 0.3) is 0 Å². The molecule has 2 saturated heterocycles. The third kappa shape index (κ3) is 10.5. The van der Waals surface area contributed by atoms with E-state index in [-0.39, 0.29) is 80.8 Å². The van der Waals surface area contributed by atoms with Crippen molar-refractivity contribution in [2.24, 2.45) is 11.8 Å². The number of nitrogens with one attached hydrogen (secondary N) is 3. The van der Waals surface area contributed by atoms with Gasteiger partial charge in [-0.05, 0) is 56.9 Å². The molecule has 2 aromatic carbocycles. The predicted octanol–water partition coefficient (Wildman–Crippen LogP) is 4.55. The summed E-state index contributed by atoms with van der Waals surface area (Å²) >= 11 is 0. The molecule has 8 rings (SSSR count). The molecule has 6 aliphatic rings. The molecule has 2 saturated carbocycles. The molecule has 8 atom stereocenters. The fourth-order valence-electron chi connectivity index (χ4n) is 9.08. The molecule has 4 fully saturated rings. The quantitative estimate of drug-likeness (QED) is 0.170. The monoisotopic (exact) mass is 970 g/mol. The van der Waals surface area contributed by atoms with Crippen LogP contribution in [0.1, 0.15) is 68.7 Å². The third-order valence-corrected chi connectivity index (χ3v) is 12.9. The highest BCUT2D eigenvalue weighted by atomic mass is 35.5. The van der Waals surface area contributed by atoms with Gasteiger partial charge in [0.1, 0.15) is 46.6 Å². The summed E-state index contributed by atoms with van der Waals surface area (Å²) in [7, 11) is 2.51. The van der Waals surface area contributed by atoms with Gasteiger partial charge in [0, 0.05) is 55.4 Å². The number of hydrogen-bond acceptors (Lipinski definition) is 13. The molecule has 21 heteroatoms. The van der Waals surface area contributed by atoms with Crippen molar-refractivity contribution in [1.29, 1.82) is 0 Å². The number of rotatable bonds is 10. The summed E-state index contributed by atoms with van der Waals surface area (Å²) < 4.78 is 54.3. The van der Waals surface area contributed by atoms with Crippen molar-refractivity contribution in [1.82, 2.24) is 30.7 Å². The number of fused-ring (bicyclic) bond motifs is 2. The molecule has 2 unspecified atom stereocenters. The number of hydrogen-bond donors (Lipinski definition) is 3. The molecule has 3 N–H and O–H groups in total. The predicted molar refractivity (Wildman–Crippen MR) is 239 cm³/mol. The van der Waals surface area contributed by atoms with Crippen LogP contribution in [0.4, 0.5) is 23.2 Å². The van der Waals surface area contributed by atoms with Crippen molar-refractivity contribution in [3.63, 3.8) is 0 Å². The maximum Gasteiger partial charge on any atom is 0.411 e. The Labute approximate surface area is 398 Å².